The van der Waals surface area contributed by atoms with E-state index in [9.17, 15) is 0 Å². The third-order valence-electron chi connectivity index (χ3n) is 2.32. The Labute approximate surface area is 80.0 Å². The average molecular weight is 184 g/mol. The third kappa shape index (κ3) is 3.63. The summed E-state index contributed by atoms with van der Waals surface area (Å²) in [6.07, 6.45) is 3.71. The van der Waals surface area contributed by atoms with Crippen LogP contribution in [0.5, 0.6) is 0 Å². The van der Waals surface area contributed by atoms with Gasteiger partial charge in [0, 0.05) is 12.6 Å². The van der Waals surface area contributed by atoms with Gasteiger partial charge in [-0.05, 0) is 32.1 Å². The summed E-state index contributed by atoms with van der Waals surface area (Å²) in [7, 11) is 0. The molecule has 0 aromatic carbocycles. The number of hydrogen-bond donors (Lipinski definition) is 3. The molecule has 1 atom stereocenters. The number of rotatable bonds is 4. The zero-order chi connectivity index (χ0) is 9.68. The fourth-order valence-corrected chi connectivity index (χ4v) is 1.29. The van der Waals surface area contributed by atoms with Gasteiger partial charge in [0.25, 0.3) is 0 Å². The lowest BCUT2D eigenvalue weighted by molar-refractivity contribution is 0.575. The number of aliphatic imine (C=N–C) groups is 1. The molecule has 1 fully saturated rings. The highest BCUT2D eigenvalue weighted by Gasteiger charge is 2.28. The Morgan fingerprint density at radius 1 is 1.62 bits per heavy atom. The second-order valence-corrected chi connectivity index (χ2v) is 3.65. The van der Waals surface area contributed by atoms with E-state index in [4.69, 9.17) is 5.84 Å². The van der Waals surface area contributed by atoms with Crippen molar-refractivity contribution in [1.29, 1.82) is 0 Å². The summed E-state index contributed by atoms with van der Waals surface area (Å²) in [6.45, 7) is 5.10. The van der Waals surface area contributed by atoms with Gasteiger partial charge in [-0.2, -0.15) is 0 Å². The van der Waals surface area contributed by atoms with E-state index in [1.165, 1.54) is 12.8 Å². The summed E-state index contributed by atoms with van der Waals surface area (Å²) in [5, 5.41) is 3.28. The molecule has 1 rings (SSSR count). The van der Waals surface area contributed by atoms with E-state index in [2.05, 4.69) is 29.6 Å². The van der Waals surface area contributed by atoms with E-state index in [1.54, 1.807) is 0 Å². The van der Waals surface area contributed by atoms with E-state index in [0.29, 0.717) is 6.04 Å². The SMILES string of the molecule is CCCN=C(NN)NC(C)C1CC1. The average Bonchev–Trinajstić information content (AvgIpc) is 2.94. The first-order valence-electron chi connectivity index (χ1n) is 5.05. The fraction of sp³-hybridized carbons (Fsp3) is 0.889. The minimum Gasteiger partial charge on any atom is -0.353 e. The van der Waals surface area contributed by atoms with Crippen LogP contribution in [-0.2, 0) is 0 Å². The first kappa shape index (κ1) is 10.3. The zero-order valence-corrected chi connectivity index (χ0v) is 8.51. The zero-order valence-electron chi connectivity index (χ0n) is 8.51. The Balaban J connectivity index is 2.28. The van der Waals surface area contributed by atoms with Crippen molar-refractivity contribution < 1.29 is 0 Å². The molecule has 0 aromatic rings. The van der Waals surface area contributed by atoms with Crippen LogP contribution in [0.1, 0.15) is 33.1 Å². The molecule has 4 nitrogen and oxygen atoms in total. The van der Waals surface area contributed by atoms with Crippen LogP contribution < -0.4 is 16.6 Å². The first-order valence-corrected chi connectivity index (χ1v) is 5.05. The van der Waals surface area contributed by atoms with Gasteiger partial charge >= 0.3 is 0 Å². The molecule has 0 amide bonds. The van der Waals surface area contributed by atoms with Crippen molar-refractivity contribution in [3.8, 4) is 0 Å². The lowest BCUT2D eigenvalue weighted by Crippen LogP contribution is -2.46. The molecule has 76 valence electrons. The third-order valence-corrected chi connectivity index (χ3v) is 2.32. The largest absolute Gasteiger partial charge is 0.353 e. The topological polar surface area (TPSA) is 62.4 Å². The minimum atomic E-state index is 0.492. The molecule has 0 aliphatic heterocycles. The Bertz CT molecular complexity index is 174. The van der Waals surface area contributed by atoms with Crippen molar-refractivity contribution in [2.24, 2.45) is 16.8 Å². The summed E-state index contributed by atoms with van der Waals surface area (Å²) < 4.78 is 0. The molecule has 4 heteroatoms. The van der Waals surface area contributed by atoms with Gasteiger partial charge in [0.1, 0.15) is 0 Å². The molecule has 0 bridgehead atoms. The van der Waals surface area contributed by atoms with E-state index >= 15 is 0 Å². The molecule has 1 aliphatic rings. The summed E-state index contributed by atoms with van der Waals surface area (Å²) in [4.78, 5) is 4.28. The second-order valence-electron chi connectivity index (χ2n) is 3.65. The monoisotopic (exact) mass is 184 g/mol. The van der Waals surface area contributed by atoms with Gasteiger partial charge in [0.05, 0.1) is 0 Å². The summed E-state index contributed by atoms with van der Waals surface area (Å²) >= 11 is 0. The Kier molecular flexibility index (Phi) is 4.02. The molecule has 0 spiro atoms. The maximum absolute atomic E-state index is 5.34. The van der Waals surface area contributed by atoms with Crippen LogP contribution in [0.15, 0.2) is 4.99 Å². The summed E-state index contributed by atoms with van der Waals surface area (Å²) in [6, 6.07) is 0.492. The molecule has 4 N–H and O–H groups in total. The van der Waals surface area contributed by atoms with Crippen molar-refractivity contribution in [3.05, 3.63) is 0 Å². The van der Waals surface area contributed by atoms with Crippen molar-refractivity contribution in [2.45, 2.75) is 39.2 Å². The van der Waals surface area contributed by atoms with E-state index in [0.717, 1.165) is 24.8 Å². The summed E-state index contributed by atoms with van der Waals surface area (Å²) in [5.41, 5.74) is 2.59. The fourth-order valence-electron chi connectivity index (χ4n) is 1.29. The number of hydrogen-bond acceptors (Lipinski definition) is 2. The predicted octanol–water partition coefficient (Wildman–Crippen LogP) is 0.604. The maximum atomic E-state index is 5.34. The van der Waals surface area contributed by atoms with Crippen molar-refractivity contribution in [2.75, 3.05) is 6.54 Å². The second kappa shape index (κ2) is 5.07. The van der Waals surface area contributed by atoms with Crippen LogP contribution in [0.25, 0.3) is 0 Å². The van der Waals surface area contributed by atoms with Crippen LogP contribution in [0.2, 0.25) is 0 Å². The molecule has 0 radical (unpaired) electrons. The molecule has 0 aromatic heterocycles. The quantitative estimate of drug-likeness (QED) is 0.259. The van der Waals surface area contributed by atoms with Gasteiger partial charge in [-0.3, -0.25) is 10.4 Å². The van der Waals surface area contributed by atoms with Crippen LogP contribution in [0.4, 0.5) is 0 Å². The first-order chi connectivity index (χ1) is 6.27. The van der Waals surface area contributed by atoms with Crippen molar-refractivity contribution >= 4 is 5.96 Å². The molecule has 1 aliphatic carbocycles. The normalized spacial score (nSPS) is 19.8. The molecule has 0 heterocycles. The smallest absolute Gasteiger partial charge is 0.205 e. The standard InChI is InChI=1S/C9H20N4/c1-3-6-11-9(13-10)12-7(2)8-4-5-8/h7-8H,3-6,10H2,1-2H3,(H2,11,12,13). The van der Waals surface area contributed by atoms with Gasteiger partial charge in [-0.15, -0.1) is 0 Å². The molecule has 13 heavy (non-hydrogen) atoms. The molecule has 1 unspecified atom stereocenters. The molecule has 1 saturated carbocycles. The number of nitrogens with one attached hydrogen (secondary N) is 2. The minimum absolute atomic E-state index is 0.492. The van der Waals surface area contributed by atoms with Crippen molar-refractivity contribution in [3.63, 3.8) is 0 Å². The van der Waals surface area contributed by atoms with Gasteiger partial charge < -0.3 is 5.32 Å². The highest BCUT2D eigenvalue weighted by molar-refractivity contribution is 5.79. The molecular formula is C9H20N4. The molecular weight excluding hydrogens is 164 g/mol. The van der Waals surface area contributed by atoms with Crippen LogP contribution in [-0.4, -0.2) is 18.5 Å². The van der Waals surface area contributed by atoms with Gasteiger partial charge in [0.15, 0.2) is 0 Å². The number of guanidine groups is 1. The number of nitrogens with two attached hydrogens (primary N) is 1. The van der Waals surface area contributed by atoms with Gasteiger partial charge in [-0.25, -0.2) is 5.84 Å². The Morgan fingerprint density at radius 2 is 2.31 bits per heavy atom. The van der Waals surface area contributed by atoms with Crippen LogP contribution in [0.3, 0.4) is 0 Å². The van der Waals surface area contributed by atoms with Crippen LogP contribution >= 0.6 is 0 Å². The Morgan fingerprint density at radius 3 is 2.77 bits per heavy atom. The van der Waals surface area contributed by atoms with Crippen LogP contribution in [0, 0.1) is 5.92 Å². The lowest BCUT2D eigenvalue weighted by Gasteiger charge is -2.15. The highest BCUT2D eigenvalue weighted by Crippen LogP contribution is 2.32. The number of hydrazine groups is 1. The highest BCUT2D eigenvalue weighted by atomic mass is 15.3. The maximum Gasteiger partial charge on any atom is 0.205 e. The van der Waals surface area contributed by atoms with Gasteiger partial charge in [0.2, 0.25) is 5.96 Å². The lowest BCUT2D eigenvalue weighted by atomic mass is 10.2. The number of nitrogens with zero attached hydrogens (tertiary/aromatic N) is 1. The summed E-state index contributed by atoms with van der Waals surface area (Å²) in [5.74, 6) is 6.88. The molecule has 0 saturated heterocycles. The van der Waals surface area contributed by atoms with Crippen molar-refractivity contribution in [1.82, 2.24) is 10.7 Å². The van der Waals surface area contributed by atoms with Gasteiger partial charge in [-0.1, -0.05) is 6.92 Å². The van der Waals surface area contributed by atoms with E-state index in [-0.39, 0.29) is 0 Å². The Hall–Kier alpha value is -0.770. The van der Waals surface area contributed by atoms with E-state index in [1.807, 2.05) is 0 Å². The predicted molar refractivity (Wildman–Crippen MR) is 55.2 cm³/mol. The van der Waals surface area contributed by atoms with E-state index < -0.39 is 0 Å².